The maximum Gasteiger partial charge on any atom is 0.243 e. The van der Waals surface area contributed by atoms with Crippen molar-refractivity contribution in [3.63, 3.8) is 0 Å². The summed E-state index contributed by atoms with van der Waals surface area (Å²) in [4.78, 5) is 4.48. The van der Waals surface area contributed by atoms with E-state index in [1.54, 1.807) is 7.11 Å². The normalized spacial score (nSPS) is 23.6. The zero-order valence-corrected chi connectivity index (χ0v) is 10.1. The highest BCUT2D eigenvalue weighted by Gasteiger charge is 2.29. The third-order valence-electron chi connectivity index (χ3n) is 3.32. The van der Waals surface area contributed by atoms with Gasteiger partial charge in [0.1, 0.15) is 0 Å². The van der Waals surface area contributed by atoms with E-state index in [1.165, 1.54) is 0 Å². The number of rotatable bonds is 3. The molecule has 0 unspecified atom stereocenters. The van der Waals surface area contributed by atoms with Crippen LogP contribution < -0.4 is 5.32 Å². The minimum Gasteiger partial charge on any atom is -0.381 e. The third kappa shape index (κ3) is 1.86. The first-order valence-electron chi connectivity index (χ1n) is 5.87. The lowest BCUT2D eigenvalue weighted by Crippen LogP contribution is -2.40. The highest BCUT2D eigenvalue weighted by atomic mass is 16.5. The average molecular weight is 232 g/mol. The van der Waals surface area contributed by atoms with Crippen molar-refractivity contribution in [2.24, 2.45) is 0 Å². The minimum atomic E-state index is 0.395. The number of pyridine rings is 1. The number of methoxy groups -OCH3 is 1. The molecule has 1 saturated carbocycles. The van der Waals surface area contributed by atoms with E-state index in [1.807, 2.05) is 29.8 Å². The largest absolute Gasteiger partial charge is 0.381 e. The zero-order valence-electron chi connectivity index (χ0n) is 10.1. The Kier molecular flexibility index (Phi) is 2.48. The molecule has 2 heterocycles. The first-order valence-corrected chi connectivity index (χ1v) is 5.87. The molecule has 0 saturated heterocycles. The second kappa shape index (κ2) is 4.00. The molecule has 0 aliphatic heterocycles. The van der Waals surface area contributed by atoms with Crippen molar-refractivity contribution in [1.82, 2.24) is 14.6 Å². The predicted octanol–water partition coefficient (Wildman–Crippen LogP) is 1.63. The SMILES string of the molecule is COC1CC(Nc2nc3c(C)cccn3n2)C1. The standard InChI is InChI=1S/C12H16N4O/c1-8-4-3-5-16-11(8)14-12(15-16)13-9-6-10(7-9)17-2/h3-5,9-10H,6-7H2,1-2H3,(H,13,15). The van der Waals surface area contributed by atoms with Crippen molar-refractivity contribution < 1.29 is 4.74 Å². The van der Waals surface area contributed by atoms with Gasteiger partial charge in [0, 0.05) is 19.3 Å². The number of aryl methyl sites for hydroxylation is 1. The fourth-order valence-corrected chi connectivity index (χ4v) is 2.16. The summed E-state index contributed by atoms with van der Waals surface area (Å²) in [6, 6.07) is 4.46. The molecule has 0 atom stereocenters. The van der Waals surface area contributed by atoms with Gasteiger partial charge < -0.3 is 10.1 Å². The highest BCUT2D eigenvalue weighted by Crippen LogP contribution is 2.25. The lowest BCUT2D eigenvalue weighted by molar-refractivity contribution is 0.0327. The molecule has 0 bridgehead atoms. The van der Waals surface area contributed by atoms with Gasteiger partial charge in [-0.1, -0.05) is 6.07 Å². The summed E-state index contributed by atoms with van der Waals surface area (Å²) in [5.74, 6) is 0.707. The van der Waals surface area contributed by atoms with Crippen molar-refractivity contribution in [3.8, 4) is 0 Å². The van der Waals surface area contributed by atoms with Crippen LogP contribution in [0.2, 0.25) is 0 Å². The second-order valence-corrected chi connectivity index (χ2v) is 4.57. The van der Waals surface area contributed by atoms with Gasteiger partial charge >= 0.3 is 0 Å². The molecule has 2 aromatic rings. The van der Waals surface area contributed by atoms with Gasteiger partial charge in [-0.15, -0.1) is 5.10 Å². The highest BCUT2D eigenvalue weighted by molar-refractivity contribution is 5.50. The Balaban J connectivity index is 1.76. The Labute approximate surface area is 99.8 Å². The molecule has 1 aliphatic rings. The van der Waals surface area contributed by atoms with Crippen LogP contribution in [-0.2, 0) is 4.74 Å². The minimum absolute atomic E-state index is 0.395. The third-order valence-corrected chi connectivity index (χ3v) is 3.32. The Morgan fingerprint density at radius 3 is 3.00 bits per heavy atom. The molecule has 2 aromatic heterocycles. The van der Waals surface area contributed by atoms with Gasteiger partial charge in [0.2, 0.25) is 5.95 Å². The van der Waals surface area contributed by atoms with E-state index in [-0.39, 0.29) is 0 Å². The van der Waals surface area contributed by atoms with Crippen molar-refractivity contribution in [2.75, 3.05) is 12.4 Å². The number of aromatic nitrogens is 3. The summed E-state index contributed by atoms with van der Waals surface area (Å²) < 4.78 is 7.06. The number of nitrogens with zero attached hydrogens (tertiary/aromatic N) is 3. The fraction of sp³-hybridized carbons (Fsp3) is 0.500. The molecule has 0 radical (unpaired) electrons. The quantitative estimate of drug-likeness (QED) is 0.873. The molecular formula is C12H16N4O. The Bertz CT molecular complexity index is 530. The summed E-state index contributed by atoms with van der Waals surface area (Å²) in [5, 5.41) is 7.74. The van der Waals surface area contributed by atoms with Gasteiger partial charge in [-0.2, -0.15) is 4.98 Å². The topological polar surface area (TPSA) is 51.5 Å². The van der Waals surface area contributed by atoms with Crippen LogP contribution in [0.3, 0.4) is 0 Å². The van der Waals surface area contributed by atoms with Crippen LogP contribution in [-0.4, -0.2) is 33.9 Å². The van der Waals surface area contributed by atoms with E-state index in [4.69, 9.17) is 4.74 Å². The fourth-order valence-electron chi connectivity index (χ4n) is 2.16. The number of nitrogens with one attached hydrogen (secondary N) is 1. The Morgan fingerprint density at radius 1 is 1.47 bits per heavy atom. The van der Waals surface area contributed by atoms with Crippen LogP contribution in [0.15, 0.2) is 18.3 Å². The molecular weight excluding hydrogens is 216 g/mol. The van der Waals surface area contributed by atoms with Gasteiger partial charge in [0.15, 0.2) is 5.65 Å². The maximum absolute atomic E-state index is 5.25. The number of fused-ring (bicyclic) bond motifs is 1. The molecule has 1 aliphatic carbocycles. The molecule has 1 N–H and O–H groups in total. The number of ether oxygens (including phenoxy) is 1. The predicted molar refractivity (Wildman–Crippen MR) is 65.2 cm³/mol. The van der Waals surface area contributed by atoms with Gasteiger partial charge in [0.05, 0.1) is 6.10 Å². The van der Waals surface area contributed by atoms with Crippen LogP contribution in [0.5, 0.6) is 0 Å². The molecule has 90 valence electrons. The van der Waals surface area contributed by atoms with Crippen LogP contribution in [0, 0.1) is 6.92 Å². The van der Waals surface area contributed by atoms with Crippen LogP contribution >= 0.6 is 0 Å². The summed E-state index contributed by atoms with van der Waals surface area (Å²) in [7, 11) is 1.76. The first kappa shape index (κ1) is 10.5. The summed E-state index contributed by atoms with van der Waals surface area (Å²) >= 11 is 0. The van der Waals surface area contributed by atoms with Gasteiger partial charge in [-0.25, -0.2) is 4.52 Å². The molecule has 1 fully saturated rings. The molecule has 0 aromatic carbocycles. The van der Waals surface area contributed by atoms with Crippen molar-refractivity contribution >= 4 is 11.6 Å². The van der Waals surface area contributed by atoms with E-state index in [0.717, 1.165) is 24.1 Å². The number of hydrogen-bond donors (Lipinski definition) is 1. The average Bonchev–Trinajstić information content (AvgIpc) is 2.67. The lowest BCUT2D eigenvalue weighted by Gasteiger charge is -2.34. The van der Waals surface area contributed by atoms with Gasteiger partial charge in [-0.3, -0.25) is 0 Å². The van der Waals surface area contributed by atoms with Crippen LogP contribution in [0.25, 0.3) is 5.65 Å². The lowest BCUT2D eigenvalue weighted by atomic mass is 9.89. The van der Waals surface area contributed by atoms with Crippen LogP contribution in [0.4, 0.5) is 5.95 Å². The summed E-state index contributed by atoms with van der Waals surface area (Å²) in [6.45, 7) is 2.04. The smallest absolute Gasteiger partial charge is 0.243 e. The summed E-state index contributed by atoms with van der Waals surface area (Å²) in [6.07, 6.45) is 4.38. The molecule has 17 heavy (non-hydrogen) atoms. The van der Waals surface area contributed by atoms with Crippen molar-refractivity contribution in [1.29, 1.82) is 0 Å². The van der Waals surface area contributed by atoms with Gasteiger partial charge in [-0.05, 0) is 31.4 Å². The summed E-state index contributed by atoms with van der Waals surface area (Å²) in [5.41, 5.74) is 2.05. The first-order chi connectivity index (χ1) is 8.26. The number of hydrogen-bond acceptors (Lipinski definition) is 4. The molecule has 5 nitrogen and oxygen atoms in total. The van der Waals surface area contributed by atoms with E-state index in [0.29, 0.717) is 18.1 Å². The number of anilines is 1. The van der Waals surface area contributed by atoms with E-state index >= 15 is 0 Å². The molecule has 0 spiro atoms. The van der Waals surface area contributed by atoms with E-state index < -0.39 is 0 Å². The monoisotopic (exact) mass is 232 g/mol. The zero-order chi connectivity index (χ0) is 11.8. The van der Waals surface area contributed by atoms with E-state index in [2.05, 4.69) is 15.4 Å². The van der Waals surface area contributed by atoms with Crippen molar-refractivity contribution in [2.45, 2.75) is 31.9 Å². The maximum atomic E-state index is 5.25. The van der Waals surface area contributed by atoms with Gasteiger partial charge in [0.25, 0.3) is 0 Å². The van der Waals surface area contributed by atoms with E-state index in [9.17, 15) is 0 Å². The van der Waals surface area contributed by atoms with Crippen molar-refractivity contribution in [3.05, 3.63) is 23.9 Å². The Morgan fingerprint density at radius 2 is 2.29 bits per heavy atom. The molecule has 3 rings (SSSR count). The molecule has 5 heteroatoms. The second-order valence-electron chi connectivity index (χ2n) is 4.57. The molecule has 0 amide bonds. The van der Waals surface area contributed by atoms with Crippen LogP contribution in [0.1, 0.15) is 18.4 Å². The Hall–Kier alpha value is -1.62.